The van der Waals surface area contributed by atoms with Gasteiger partial charge >= 0.3 is 0 Å². The van der Waals surface area contributed by atoms with Crippen LogP contribution in [0.15, 0.2) is 79.4 Å². The molecule has 0 saturated carbocycles. The lowest BCUT2D eigenvalue weighted by atomic mass is 9.92. The fraction of sp³-hybridized carbons (Fsp3) is 0.136. The normalized spacial score (nSPS) is 12.0. The average Bonchev–Trinajstić information content (AvgIpc) is 3.15. The largest absolute Gasteiger partial charge is 0.348 e. The molecule has 0 aliphatic heterocycles. The number of pyridine rings is 2. The molecule has 0 aliphatic rings. The zero-order chi connectivity index (χ0) is 19.3. The molecule has 28 heavy (non-hydrogen) atoms. The molecule has 1 N–H and O–H groups in total. The summed E-state index contributed by atoms with van der Waals surface area (Å²) in [6, 6.07) is 17.2. The second kappa shape index (κ2) is 8.23. The van der Waals surface area contributed by atoms with E-state index in [1.165, 1.54) is 0 Å². The Morgan fingerprint density at radius 2 is 1.93 bits per heavy atom. The second-order valence-electron chi connectivity index (χ2n) is 6.56. The van der Waals surface area contributed by atoms with Crippen LogP contribution >= 0.6 is 11.6 Å². The van der Waals surface area contributed by atoms with Gasteiger partial charge in [0.05, 0.1) is 24.2 Å². The van der Waals surface area contributed by atoms with Gasteiger partial charge in [0, 0.05) is 23.6 Å². The van der Waals surface area contributed by atoms with Gasteiger partial charge in [0.15, 0.2) is 0 Å². The molecule has 1 amide bonds. The summed E-state index contributed by atoms with van der Waals surface area (Å²) in [5, 5.41) is 3.68. The third kappa shape index (κ3) is 4.05. The monoisotopic (exact) mass is 390 g/mol. The summed E-state index contributed by atoms with van der Waals surface area (Å²) in [6.45, 7) is 0.355. The minimum Gasteiger partial charge on any atom is -0.348 e. The number of nitrogens with zero attached hydrogens (tertiary/aromatic N) is 3. The van der Waals surface area contributed by atoms with E-state index < -0.39 is 0 Å². The molecular weight excluding hydrogens is 372 g/mol. The molecule has 3 heterocycles. The third-order valence-electron chi connectivity index (χ3n) is 4.69. The topological polar surface area (TPSA) is 59.3 Å². The van der Waals surface area contributed by atoms with Crippen molar-refractivity contribution < 1.29 is 4.79 Å². The van der Waals surface area contributed by atoms with Crippen molar-refractivity contribution in [3.63, 3.8) is 0 Å². The maximum Gasteiger partial charge on any atom is 0.228 e. The van der Waals surface area contributed by atoms with Crippen molar-refractivity contribution in [2.24, 2.45) is 0 Å². The van der Waals surface area contributed by atoms with Gasteiger partial charge in [0.2, 0.25) is 5.91 Å². The summed E-state index contributed by atoms with van der Waals surface area (Å²) < 4.78 is 1.97. The smallest absolute Gasteiger partial charge is 0.228 e. The maximum atomic E-state index is 13.1. The van der Waals surface area contributed by atoms with Gasteiger partial charge < -0.3 is 9.72 Å². The first-order chi connectivity index (χ1) is 13.7. The van der Waals surface area contributed by atoms with Gasteiger partial charge in [0.25, 0.3) is 0 Å². The number of hydrogen-bond donors (Lipinski definition) is 1. The van der Waals surface area contributed by atoms with Crippen molar-refractivity contribution in [3.8, 4) is 0 Å². The number of fused-ring (bicyclic) bond motifs is 1. The van der Waals surface area contributed by atoms with Crippen molar-refractivity contribution in [1.29, 1.82) is 0 Å². The molecular formula is C22H19ClN4O. The highest BCUT2D eigenvalue weighted by Gasteiger charge is 2.21. The van der Waals surface area contributed by atoms with E-state index in [4.69, 9.17) is 11.6 Å². The molecule has 1 unspecified atom stereocenters. The minimum atomic E-state index is -0.340. The van der Waals surface area contributed by atoms with Crippen molar-refractivity contribution in [1.82, 2.24) is 19.7 Å². The first kappa shape index (κ1) is 18.2. The van der Waals surface area contributed by atoms with Crippen LogP contribution in [0.5, 0.6) is 0 Å². The van der Waals surface area contributed by atoms with Crippen molar-refractivity contribution in [2.75, 3.05) is 0 Å². The highest BCUT2D eigenvalue weighted by atomic mass is 35.5. The van der Waals surface area contributed by atoms with Gasteiger partial charge in [-0.3, -0.25) is 9.78 Å². The highest BCUT2D eigenvalue weighted by Crippen LogP contribution is 2.23. The fourth-order valence-corrected chi connectivity index (χ4v) is 3.36. The summed E-state index contributed by atoms with van der Waals surface area (Å²) in [5.41, 5.74) is 2.92. The van der Waals surface area contributed by atoms with Crippen molar-refractivity contribution in [3.05, 3.63) is 101 Å². The molecule has 4 rings (SSSR count). The number of carbonyl (C=O) groups is 1. The number of hydrogen-bond acceptors (Lipinski definition) is 3. The number of halogens is 1. The van der Waals surface area contributed by atoms with Crippen LogP contribution in [0, 0.1) is 0 Å². The van der Waals surface area contributed by atoms with Crippen molar-refractivity contribution >= 4 is 23.0 Å². The molecule has 140 valence electrons. The predicted octanol–water partition coefficient (Wildman–Crippen LogP) is 4.03. The minimum absolute atomic E-state index is 0.0566. The van der Waals surface area contributed by atoms with Crippen LogP contribution in [0.2, 0.25) is 5.02 Å². The second-order valence-corrected chi connectivity index (χ2v) is 6.99. The first-order valence-corrected chi connectivity index (χ1v) is 9.41. The Labute approximate surface area is 168 Å². The summed E-state index contributed by atoms with van der Waals surface area (Å²) in [6.07, 6.45) is 7.82. The summed E-state index contributed by atoms with van der Waals surface area (Å²) in [5.74, 6) is 0.395. The molecule has 0 spiro atoms. The lowest BCUT2D eigenvalue weighted by molar-refractivity contribution is -0.122. The van der Waals surface area contributed by atoms with Crippen LogP contribution in [0.4, 0.5) is 0 Å². The molecule has 1 aromatic carbocycles. The lowest BCUT2D eigenvalue weighted by Gasteiger charge is -2.17. The van der Waals surface area contributed by atoms with Gasteiger partial charge in [-0.15, -0.1) is 0 Å². The predicted molar refractivity (Wildman–Crippen MR) is 109 cm³/mol. The fourth-order valence-electron chi connectivity index (χ4n) is 3.23. The van der Waals surface area contributed by atoms with E-state index >= 15 is 0 Å². The molecule has 0 aliphatic carbocycles. The number of nitrogens with one attached hydrogen (secondary N) is 1. The Bertz CT molecular complexity index is 1080. The van der Waals surface area contributed by atoms with Crippen LogP contribution in [0.25, 0.3) is 5.52 Å². The van der Waals surface area contributed by atoms with E-state index in [0.29, 0.717) is 18.0 Å². The standard InChI is InChI=1S/C22H19ClN4O/c23-18-8-6-17(7-9-18)20(12-16-4-3-10-24-13-16)22(28)26-15-21-25-14-19-5-1-2-11-27(19)21/h1-11,13-14,20H,12,15H2,(H,26,28). The van der Waals surface area contributed by atoms with E-state index in [1.807, 2.05) is 65.2 Å². The molecule has 0 radical (unpaired) electrons. The first-order valence-electron chi connectivity index (χ1n) is 9.04. The SMILES string of the molecule is O=C(NCc1ncc2ccccn12)C(Cc1cccnc1)c1ccc(Cl)cc1. The lowest BCUT2D eigenvalue weighted by Crippen LogP contribution is -2.30. The van der Waals surface area contributed by atoms with Gasteiger partial charge in [-0.05, 0) is 47.9 Å². The van der Waals surface area contributed by atoms with Gasteiger partial charge in [0.1, 0.15) is 5.82 Å². The summed E-state index contributed by atoms with van der Waals surface area (Å²) in [7, 11) is 0. The molecule has 1 atom stereocenters. The molecule has 3 aromatic heterocycles. The van der Waals surface area contributed by atoms with E-state index in [0.717, 1.165) is 22.5 Å². The van der Waals surface area contributed by atoms with E-state index in [2.05, 4.69) is 15.3 Å². The summed E-state index contributed by atoms with van der Waals surface area (Å²) >= 11 is 6.02. The van der Waals surface area contributed by atoms with Gasteiger partial charge in [-0.25, -0.2) is 4.98 Å². The van der Waals surface area contributed by atoms with Crippen LogP contribution in [0.1, 0.15) is 22.9 Å². The van der Waals surface area contributed by atoms with E-state index in [1.54, 1.807) is 18.6 Å². The molecule has 5 nitrogen and oxygen atoms in total. The Morgan fingerprint density at radius 3 is 2.71 bits per heavy atom. The zero-order valence-electron chi connectivity index (χ0n) is 15.1. The Balaban J connectivity index is 1.54. The van der Waals surface area contributed by atoms with Crippen molar-refractivity contribution in [2.45, 2.75) is 18.9 Å². The van der Waals surface area contributed by atoms with Crippen LogP contribution in [-0.2, 0) is 17.8 Å². The third-order valence-corrected chi connectivity index (χ3v) is 4.94. The van der Waals surface area contributed by atoms with Gasteiger partial charge in [-0.2, -0.15) is 0 Å². The van der Waals surface area contributed by atoms with Crippen LogP contribution in [-0.4, -0.2) is 20.3 Å². The maximum absolute atomic E-state index is 13.1. The highest BCUT2D eigenvalue weighted by molar-refractivity contribution is 6.30. The zero-order valence-corrected chi connectivity index (χ0v) is 15.9. The number of aromatic nitrogens is 3. The Hall–Kier alpha value is -3.18. The average molecular weight is 391 g/mol. The molecule has 6 heteroatoms. The molecule has 4 aromatic rings. The number of carbonyl (C=O) groups excluding carboxylic acids is 1. The van der Waals surface area contributed by atoms with E-state index in [-0.39, 0.29) is 11.8 Å². The van der Waals surface area contributed by atoms with Gasteiger partial charge in [-0.1, -0.05) is 35.9 Å². The van der Waals surface area contributed by atoms with Crippen LogP contribution in [0.3, 0.4) is 0 Å². The summed E-state index contributed by atoms with van der Waals surface area (Å²) in [4.78, 5) is 21.6. The quantitative estimate of drug-likeness (QED) is 0.540. The Kier molecular flexibility index (Phi) is 5.35. The Morgan fingerprint density at radius 1 is 1.07 bits per heavy atom. The van der Waals surface area contributed by atoms with E-state index in [9.17, 15) is 4.79 Å². The number of amides is 1. The van der Waals surface area contributed by atoms with Crippen LogP contribution < -0.4 is 5.32 Å². The number of rotatable bonds is 6. The molecule has 0 saturated heterocycles. The number of imidazole rings is 1. The number of benzene rings is 1. The molecule has 0 fully saturated rings. The molecule has 0 bridgehead atoms.